The van der Waals surface area contributed by atoms with Crippen molar-refractivity contribution in [2.24, 2.45) is 0 Å². The zero-order chi connectivity index (χ0) is 21.4. The summed E-state index contributed by atoms with van der Waals surface area (Å²) < 4.78 is 1.89. The molecule has 0 unspecified atom stereocenters. The molecule has 6 nitrogen and oxygen atoms in total. The minimum atomic E-state index is -0.195. The number of benzene rings is 3. The van der Waals surface area contributed by atoms with Crippen LogP contribution in [0.2, 0.25) is 0 Å². The molecule has 0 aliphatic rings. The van der Waals surface area contributed by atoms with Gasteiger partial charge in [0, 0.05) is 36.8 Å². The number of amides is 1. The highest BCUT2D eigenvalue weighted by Crippen LogP contribution is 2.29. The first-order valence-electron chi connectivity index (χ1n) is 10.0. The van der Waals surface area contributed by atoms with Crippen LogP contribution in [0.15, 0.2) is 85.2 Å². The molecule has 5 aromatic rings. The Kier molecular flexibility index (Phi) is 4.59. The predicted octanol–water partition coefficient (Wildman–Crippen LogP) is 4.89. The fourth-order valence-electron chi connectivity index (χ4n) is 3.84. The van der Waals surface area contributed by atoms with E-state index in [1.165, 1.54) is 0 Å². The van der Waals surface area contributed by atoms with Crippen LogP contribution in [0, 0.1) is 0 Å². The van der Waals surface area contributed by atoms with Gasteiger partial charge >= 0.3 is 0 Å². The van der Waals surface area contributed by atoms with Crippen molar-refractivity contribution in [3.63, 3.8) is 0 Å². The van der Waals surface area contributed by atoms with E-state index in [1.54, 1.807) is 6.20 Å². The van der Waals surface area contributed by atoms with Gasteiger partial charge in [-0.2, -0.15) is 5.10 Å². The average Bonchev–Trinajstić information content (AvgIpc) is 3.23. The number of nitrogens with one attached hydrogen (secondary N) is 1. The van der Waals surface area contributed by atoms with Crippen LogP contribution in [0.4, 0.5) is 11.4 Å². The molecule has 0 bridgehead atoms. The lowest BCUT2D eigenvalue weighted by Crippen LogP contribution is -2.19. The Bertz CT molecular complexity index is 1400. The zero-order valence-electron chi connectivity index (χ0n) is 17.3. The van der Waals surface area contributed by atoms with Gasteiger partial charge in [0.15, 0.2) is 0 Å². The third-order valence-corrected chi connectivity index (χ3v) is 5.29. The van der Waals surface area contributed by atoms with Crippen LogP contribution in [0.3, 0.4) is 0 Å². The van der Waals surface area contributed by atoms with E-state index in [-0.39, 0.29) is 5.91 Å². The Morgan fingerprint density at radius 3 is 2.45 bits per heavy atom. The Hall–Kier alpha value is -4.19. The number of hydrogen-bond donors (Lipinski definition) is 1. The highest BCUT2D eigenvalue weighted by Gasteiger charge is 2.17. The van der Waals surface area contributed by atoms with Crippen LogP contribution in [0.25, 0.3) is 27.5 Å². The fraction of sp³-hybridized carbons (Fsp3) is 0.0800. The molecule has 5 rings (SSSR count). The molecule has 0 saturated carbocycles. The van der Waals surface area contributed by atoms with Crippen molar-refractivity contribution in [1.82, 2.24) is 14.8 Å². The van der Waals surface area contributed by atoms with Gasteiger partial charge in [-0.1, -0.05) is 36.4 Å². The molecule has 31 heavy (non-hydrogen) atoms. The number of nitrogens with zero attached hydrogens (tertiary/aromatic N) is 4. The second-order valence-electron chi connectivity index (χ2n) is 7.55. The maximum Gasteiger partial charge on any atom is 0.259 e. The van der Waals surface area contributed by atoms with E-state index >= 15 is 0 Å². The zero-order valence-corrected chi connectivity index (χ0v) is 17.3. The summed E-state index contributed by atoms with van der Waals surface area (Å²) in [5, 5.41) is 9.50. The van der Waals surface area contributed by atoms with Crippen LogP contribution in [0.5, 0.6) is 0 Å². The summed E-state index contributed by atoms with van der Waals surface area (Å²) in [4.78, 5) is 19.5. The van der Waals surface area contributed by atoms with Crippen LogP contribution < -0.4 is 10.2 Å². The van der Waals surface area contributed by atoms with Crippen molar-refractivity contribution in [2.75, 3.05) is 24.3 Å². The van der Waals surface area contributed by atoms with E-state index in [4.69, 9.17) is 0 Å². The monoisotopic (exact) mass is 407 g/mol. The van der Waals surface area contributed by atoms with Gasteiger partial charge in [0.25, 0.3) is 5.91 Å². The summed E-state index contributed by atoms with van der Waals surface area (Å²) in [6, 6.07) is 23.5. The molecule has 3 aromatic carbocycles. The van der Waals surface area contributed by atoms with E-state index < -0.39 is 0 Å². The Morgan fingerprint density at radius 1 is 0.903 bits per heavy atom. The van der Waals surface area contributed by atoms with Crippen molar-refractivity contribution >= 4 is 39.1 Å². The lowest BCUT2D eigenvalue weighted by Gasteiger charge is -2.19. The quantitative estimate of drug-likeness (QED) is 0.461. The summed E-state index contributed by atoms with van der Waals surface area (Å²) >= 11 is 0. The van der Waals surface area contributed by atoms with Crippen LogP contribution in [-0.4, -0.2) is 34.8 Å². The van der Waals surface area contributed by atoms with E-state index in [1.807, 2.05) is 103 Å². The van der Waals surface area contributed by atoms with Gasteiger partial charge < -0.3 is 10.2 Å². The highest BCUT2D eigenvalue weighted by molar-refractivity contribution is 6.12. The van der Waals surface area contributed by atoms with Crippen molar-refractivity contribution in [2.45, 2.75) is 0 Å². The Labute approximate surface area is 179 Å². The van der Waals surface area contributed by atoms with E-state index in [0.29, 0.717) is 11.3 Å². The number of rotatable bonds is 4. The number of pyridine rings is 1. The SMILES string of the molecule is CN(C)c1c(C(=O)Nc2ccc(-n3ncc4ccccc43)cc2)cnc2ccccc12. The largest absolute Gasteiger partial charge is 0.376 e. The van der Waals surface area contributed by atoms with Gasteiger partial charge in [-0.3, -0.25) is 9.78 Å². The molecule has 0 spiro atoms. The van der Waals surface area contributed by atoms with E-state index in [2.05, 4.69) is 15.4 Å². The minimum absolute atomic E-state index is 0.195. The highest BCUT2D eigenvalue weighted by atomic mass is 16.1. The van der Waals surface area contributed by atoms with Gasteiger partial charge in [0.05, 0.1) is 34.2 Å². The van der Waals surface area contributed by atoms with Crippen molar-refractivity contribution in [3.05, 3.63) is 90.8 Å². The van der Waals surface area contributed by atoms with Crippen LogP contribution in [0.1, 0.15) is 10.4 Å². The molecule has 6 heteroatoms. The lowest BCUT2D eigenvalue weighted by molar-refractivity contribution is 0.102. The average molecular weight is 407 g/mol. The smallest absolute Gasteiger partial charge is 0.259 e. The number of para-hydroxylation sites is 2. The molecular weight excluding hydrogens is 386 g/mol. The normalized spacial score (nSPS) is 11.0. The van der Waals surface area contributed by atoms with Crippen LogP contribution in [-0.2, 0) is 0 Å². The van der Waals surface area contributed by atoms with Crippen LogP contribution >= 0.6 is 0 Å². The number of carbonyl (C=O) groups is 1. The second-order valence-corrected chi connectivity index (χ2v) is 7.55. The minimum Gasteiger partial charge on any atom is -0.376 e. The first kappa shape index (κ1) is 18.8. The standard InChI is InChI=1S/C25H21N5O/c1-29(2)24-20-8-4-5-9-22(20)26-16-21(24)25(31)28-18-11-13-19(14-12-18)30-23-10-6-3-7-17(23)15-27-30/h3-16H,1-2H3,(H,28,31). The lowest BCUT2D eigenvalue weighted by atomic mass is 10.1. The number of anilines is 2. The van der Waals surface area contributed by atoms with Gasteiger partial charge in [-0.05, 0) is 36.4 Å². The van der Waals surface area contributed by atoms with Crippen molar-refractivity contribution in [3.8, 4) is 5.69 Å². The first-order chi connectivity index (χ1) is 15.1. The molecule has 2 heterocycles. The predicted molar refractivity (Wildman–Crippen MR) is 125 cm³/mol. The summed E-state index contributed by atoms with van der Waals surface area (Å²) in [6.07, 6.45) is 3.48. The van der Waals surface area contributed by atoms with Crippen molar-refractivity contribution in [1.29, 1.82) is 0 Å². The molecule has 1 amide bonds. The fourth-order valence-corrected chi connectivity index (χ4v) is 3.84. The Morgan fingerprint density at radius 2 is 1.65 bits per heavy atom. The molecule has 0 atom stereocenters. The van der Waals surface area contributed by atoms with E-state index in [0.717, 1.165) is 33.2 Å². The molecule has 0 fully saturated rings. The molecule has 152 valence electrons. The van der Waals surface area contributed by atoms with Crippen molar-refractivity contribution < 1.29 is 4.79 Å². The van der Waals surface area contributed by atoms with Gasteiger partial charge in [0.2, 0.25) is 0 Å². The topological polar surface area (TPSA) is 63.1 Å². The van der Waals surface area contributed by atoms with Gasteiger partial charge in [-0.15, -0.1) is 0 Å². The van der Waals surface area contributed by atoms with E-state index in [9.17, 15) is 4.79 Å². The maximum absolute atomic E-state index is 13.1. The summed E-state index contributed by atoms with van der Waals surface area (Å²) in [5.41, 5.74) is 4.92. The number of hydrogen-bond acceptors (Lipinski definition) is 4. The molecular formula is C25H21N5O. The Balaban J connectivity index is 1.44. The molecule has 0 saturated heterocycles. The molecule has 0 radical (unpaired) electrons. The summed E-state index contributed by atoms with van der Waals surface area (Å²) in [6.45, 7) is 0. The molecule has 2 aromatic heterocycles. The first-order valence-corrected chi connectivity index (χ1v) is 10.0. The second kappa shape index (κ2) is 7.57. The van der Waals surface area contributed by atoms with Gasteiger partial charge in [0.1, 0.15) is 0 Å². The summed E-state index contributed by atoms with van der Waals surface area (Å²) in [5.74, 6) is -0.195. The number of fused-ring (bicyclic) bond motifs is 2. The maximum atomic E-state index is 13.1. The third kappa shape index (κ3) is 3.38. The van der Waals surface area contributed by atoms with Gasteiger partial charge in [-0.25, -0.2) is 4.68 Å². The summed E-state index contributed by atoms with van der Waals surface area (Å²) in [7, 11) is 3.86. The molecule has 1 N–H and O–H groups in total. The number of aromatic nitrogens is 3. The molecule has 0 aliphatic heterocycles. The molecule has 0 aliphatic carbocycles. The third-order valence-electron chi connectivity index (χ3n) is 5.29. The number of carbonyl (C=O) groups excluding carboxylic acids is 1.